The van der Waals surface area contributed by atoms with Gasteiger partial charge in [0.2, 0.25) is 15.9 Å². The third-order valence-corrected chi connectivity index (χ3v) is 4.42. The van der Waals surface area contributed by atoms with Crippen LogP contribution in [0.25, 0.3) is 10.9 Å². The fourth-order valence-electron chi connectivity index (χ4n) is 2.38. The van der Waals surface area contributed by atoms with E-state index >= 15 is 0 Å². The molecule has 6 nitrogen and oxygen atoms in total. The second-order valence-corrected chi connectivity index (χ2v) is 6.72. The van der Waals surface area contributed by atoms with Crippen LogP contribution in [-0.4, -0.2) is 19.3 Å². The molecule has 0 unspecified atom stereocenters. The second kappa shape index (κ2) is 5.86. The Morgan fingerprint density at radius 1 is 1.09 bits per heavy atom. The minimum Gasteiger partial charge on any atom is -0.361 e. The zero-order valence-electron chi connectivity index (χ0n) is 12.1. The highest BCUT2D eigenvalue weighted by molar-refractivity contribution is 7.89. The molecule has 1 aromatic heterocycles. The minimum absolute atomic E-state index is 0.00660. The van der Waals surface area contributed by atoms with Gasteiger partial charge in [0.25, 0.3) is 0 Å². The van der Waals surface area contributed by atoms with Gasteiger partial charge in [0, 0.05) is 22.8 Å². The zero-order valence-corrected chi connectivity index (χ0v) is 12.9. The summed E-state index contributed by atoms with van der Waals surface area (Å²) < 4.78 is 22.4. The van der Waals surface area contributed by atoms with E-state index in [9.17, 15) is 13.2 Å². The van der Waals surface area contributed by atoms with Crippen LogP contribution >= 0.6 is 0 Å². The first-order chi connectivity index (χ1) is 10.9. The number of nitrogens with two attached hydrogens (primary N) is 1. The summed E-state index contributed by atoms with van der Waals surface area (Å²) >= 11 is 0. The Labute approximate surface area is 133 Å². The van der Waals surface area contributed by atoms with Crippen LogP contribution in [-0.2, 0) is 21.2 Å². The number of aromatic amines is 1. The van der Waals surface area contributed by atoms with Gasteiger partial charge in [-0.3, -0.25) is 4.79 Å². The Morgan fingerprint density at radius 2 is 1.78 bits per heavy atom. The van der Waals surface area contributed by atoms with Crippen LogP contribution in [0.3, 0.4) is 0 Å². The zero-order chi connectivity index (χ0) is 16.4. The highest BCUT2D eigenvalue weighted by Crippen LogP contribution is 2.19. The molecule has 0 saturated carbocycles. The van der Waals surface area contributed by atoms with E-state index in [4.69, 9.17) is 5.14 Å². The Kier molecular flexibility index (Phi) is 3.89. The maximum Gasteiger partial charge on any atom is 0.238 e. The molecule has 23 heavy (non-hydrogen) atoms. The Morgan fingerprint density at radius 3 is 2.48 bits per heavy atom. The van der Waals surface area contributed by atoms with Crippen LogP contribution in [0.15, 0.2) is 59.6 Å². The molecule has 3 rings (SSSR count). The molecule has 1 heterocycles. The summed E-state index contributed by atoms with van der Waals surface area (Å²) in [6.45, 7) is 0. The number of hydrogen-bond donors (Lipinski definition) is 3. The van der Waals surface area contributed by atoms with Gasteiger partial charge in [-0.05, 0) is 35.9 Å². The van der Waals surface area contributed by atoms with Crippen LogP contribution in [0.4, 0.5) is 5.69 Å². The van der Waals surface area contributed by atoms with Crippen molar-refractivity contribution in [1.29, 1.82) is 0 Å². The number of benzene rings is 2. The van der Waals surface area contributed by atoms with E-state index in [2.05, 4.69) is 10.3 Å². The van der Waals surface area contributed by atoms with Crippen LogP contribution in [0.2, 0.25) is 0 Å². The van der Waals surface area contributed by atoms with Gasteiger partial charge in [0.05, 0.1) is 11.3 Å². The van der Waals surface area contributed by atoms with Crippen molar-refractivity contribution >= 4 is 32.5 Å². The van der Waals surface area contributed by atoms with Gasteiger partial charge in [-0.2, -0.15) is 0 Å². The summed E-state index contributed by atoms with van der Waals surface area (Å²) in [7, 11) is -3.73. The fourth-order valence-corrected chi connectivity index (χ4v) is 2.90. The number of anilines is 1. The molecular weight excluding hydrogens is 314 g/mol. The summed E-state index contributed by atoms with van der Waals surface area (Å²) in [6.07, 6.45) is 2.04. The lowest BCUT2D eigenvalue weighted by Crippen LogP contribution is -2.15. The third-order valence-electron chi connectivity index (χ3n) is 3.49. The smallest absolute Gasteiger partial charge is 0.238 e. The average Bonchev–Trinajstić information content (AvgIpc) is 2.90. The Hall–Kier alpha value is -2.64. The third kappa shape index (κ3) is 3.41. The summed E-state index contributed by atoms with van der Waals surface area (Å²) in [5, 5.41) is 8.77. The maximum atomic E-state index is 12.1. The molecule has 118 valence electrons. The second-order valence-electron chi connectivity index (χ2n) is 5.15. The monoisotopic (exact) mass is 329 g/mol. The van der Waals surface area contributed by atoms with Crippen molar-refractivity contribution in [3.8, 4) is 0 Å². The van der Waals surface area contributed by atoms with E-state index in [-0.39, 0.29) is 17.2 Å². The van der Waals surface area contributed by atoms with Crippen molar-refractivity contribution in [2.45, 2.75) is 11.3 Å². The Bertz CT molecular complexity index is 960. The van der Waals surface area contributed by atoms with Gasteiger partial charge in [0.15, 0.2) is 0 Å². The number of rotatable bonds is 4. The molecular formula is C16H15N3O3S. The highest BCUT2D eigenvalue weighted by atomic mass is 32.2. The quantitative estimate of drug-likeness (QED) is 0.681. The lowest BCUT2D eigenvalue weighted by atomic mass is 10.1. The molecule has 0 radical (unpaired) electrons. The highest BCUT2D eigenvalue weighted by Gasteiger charge is 2.10. The number of para-hydroxylation sites is 1. The van der Waals surface area contributed by atoms with E-state index < -0.39 is 10.0 Å². The number of nitrogens with one attached hydrogen (secondary N) is 2. The van der Waals surface area contributed by atoms with Crippen molar-refractivity contribution in [1.82, 2.24) is 4.98 Å². The minimum atomic E-state index is -3.73. The van der Waals surface area contributed by atoms with Crippen molar-refractivity contribution in [2.75, 3.05) is 5.32 Å². The van der Waals surface area contributed by atoms with Gasteiger partial charge < -0.3 is 10.3 Å². The number of primary sulfonamides is 1. The molecule has 0 saturated heterocycles. The summed E-state index contributed by atoms with van der Waals surface area (Å²) in [4.78, 5) is 15.3. The number of amides is 1. The van der Waals surface area contributed by atoms with Crippen LogP contribution < -0.4 is 10.5 Å². The fraction of sp³-hybridized carbons (Fsp3) is 0.0625. The molecule has 0 bridgehead atoms. The molecule has 0 aliphatic carbocycles. The maximum absolute atomic E-state index is 12.1. The van der Waals surface area contributed by atoms with Crippen molar-refractivity contribution in [3.63, 3.8) is 0 Å². The molecule has 0 fully saturated rings. The molecule has 1 amide bonds. The van der Waals surface area contributed by atoms with Crippen LogP contribution in [0, 0.1) is 0 Å². The standard InChI is InChI=1S/C16H15N3O3S/c17-23(21,22)13-7-5-12(6-8-13)19-16(20)9-11-10-18-15-4-2-1-3-14(11)15/h1-8,10,18H,9H2,(H,19,20)(H2,17,21,22). The van der Waals surface area contributed by atoms with Crippen molar-refractivity contribution < 1.29 is 13.2 Å². The van der Waals surface area contributed by atoms with E-state index in [1.54, 1.807) is 0 Å². The number of carbonyl (C=O) groups is 1. The summed E-state index contributed by atoms with van der Waals surface area (Å²) in [6, 6.07) is 13.5. The van der Waals surface area contributed by atoms with Crippen LogP contribution in [0.1, 0.15) is 5.56 Å². The van der Waals surface area contributed by atoms with Crippen molar-refractivity contribution in [3.05, 3.63) is 60.3 Å². The lowest BCUT2D eigenvalue weighted by molar-refractivity contribution is -0.115. The number of sulfonamides is 1. The molecule has 0 aliphatic rings. The molecule has 0 atom stereocenters. The van der Waals surface area contributed by atoms with Gasteiger partial charge >= 0.3 is 0 Å². The topological polar surface area (TPSA) is 105 Å². The van der Waals surface area contributed by atoms with Crippen molar-refractivity contribution in [2.24, 2.45) is 5.14 Å². The number of hydrogen-bond acceptors (Lipinski definition) is 3. The first-order valence-corrected chi connectivity index (χ1v) is 8.46. The first-order valence-electron chi connectivity index (χ1n) is 6.91. The predicted octanol–water partition coefficient (Wildman–Crippen LogP) is 2.00. The molecule has 7 heteroatoms. The van der Waals surface area contributed by atoms with Crippen LogP contribution in [0.5, 0.6) is 0 Å². The SMILES string of the molecule is NS(=O)(=O)c1ccc(NC(=O)Cc2c[nH]c3ccccc23)cc1. The number of fused-ring (bicyclic) bond motifs is 1. The average molecular weight is 329 g/mol. The summed E-state index contributed by atoms with van der Waals surface area (Å²) in [5.74, 6) is -0.182. The normalized spacial score (nSPS) is 11.5. The molecule has 4 N–H and O–H groups in total. The largest absolute Gasteiger partial charge is 0.361 e. The number of H-pyrrole nitrogens is 1. The lowest BCUT2D eigenvalue weighted by Gasteiger charge is -2.05. The van der Waals surface area contributed by atoms with E-state index in [1.165, 1.54) is 24.3 Å². The van der Waals surface area contributed by atoms with E-state index in [0.717, 1.165) is 16.5 Å². The molecule has 0 aliphatic heterocycles. The number of carbonyl (C=O) groups excluding carboxylic acids is 1. The van der Waals surface area contributed by atoms with E-state index in [0.29, 0.717) is 5.69 Å². The van der Waals surface area contributed by atoms with Gasteiger partial charge in [0.1, 0.15) is 0 Å². The number of aromatic nitrogens is 1. The van der Waals surface area contributed by atoms with Gasteiger partial charge in [-0.25, -0.2) is 13.6 Å². The molecule has 0 spiro atoms. The van der Waals surface area contributed by atoms with Gasteiger partial charge in [-0.15, -0.1) is 0 Å². The first kappa shape index (κ1) is 15.3. The van der Waals surface area contributed by atoms with Gasteiger partial charge in [-0.1, -0.05) is 18.2 Å². The predicted molar refractivity (Wildman–Crippen MR) is 88.4 cm³/mol. The molecule has 3 aromatic rings. The Balaban J connectivity index is 1.72. The van der Waals surface area contributed by atoms with E-state index in [1.807, 2.05) is 30.5 Å². The molecule has 2 aromatic carbocycles. The summed E-state index contributed by atoms with van der Waals surface area (Å²) in [5.41, 5.74) is 2.40.